The van der Waals surface area contributed by atoms with E-state index in [9.17, 15) is 18.0 Å². The molecule has 0 aliphatic rings. The van der Waals surface area contributed by atoms with Gasteiger partial charge in [-0.1, -0.05) is 23.4 Å². The molecule has 1 aromatic heterocycles. The number of alkyl halides is 3. The third kappa shape index (κ3) is 4.88. The zero-order chi connectivity index (χ0) is 17.7. The number of hydrogen-bond donors (Lipinski definition) is 1. The van der Waals surface area contributed by atoms with Gasteiger partial charge < -0.3 is 5.32 Å². The summed E-state index contributed by atoms with van der Waals surface area (Å²) in [4.78, 5) is 15.7. The molecule has 1 N–H and O–H groups in total. The molecule has 0 saturated heterocycles. The standard InChI is InChI=1S/C15H9ClF3N3OS/c16-12-7-9(15(17,18)19)8-21-14(12)24-11-3-1-10(2-4-11)22-13(23)5-6-20/h1-4,7-8H,5H2,(H,22,23). The lowest BCUT2D eigenvalue weighted by molar-refractivity contribution is -0.137. The minimum absolute atomic E-state index is 0.0961. The van der Waals surface area contributed by atoms with Crippen molar-refractivity contribution in [1.82, 2.24) is 4.98 Å². The number of pyridine rings is 1. The Kier molecular flexibility index (Phi) is 5.70. The van der Waals surface area contributed by atoms with Crippen molar-refractivity contribution in [3.63, 3.8) is 0 Å². The molecule has 0 aliphatic heterocycles. The van der Waals surface area contributed by atoms with Crippen LogP contribution < -0.4 is 5.32 Å². The zero-order valence-electron chi connectivity index (χ0n) is 11.9. The minimum Gasteiger partial charge on any atom is -0.325 e. The molecule has 0 radical (unpaired) electrons. The average Bonchev–Trinajstić information content (AvgIpc) is 2.50. The molecule has 0 atom stereocenters. The van der Waals surface area contributed by atoms with Crippen molar-refractivity contribution in [2.75, 3.05) is 5.32 Å². The molecule has 9 heteroatoms. The number of amides is 1. The second-order valence-corrected chi connectivity index (χ2v) is 5.99. The molecule has 0 aliphatic carbocycles. The van der Waals surface area contributed by atoms with E-state index >= 15 is 0 Å². The number of aromatic nitrogens is 1. The minimum atomic E-state index is -4.50. The lowest BCUT2D eigenvalue weighted by Gasteiger charge is -2.09. The molecule has 0 bridgehead atoms. The van der Waals surface area contributed by atoms with Gasteiger partial charge >= 0.3 is 6.18 Å². The van der Waals surface area contributed by atoms with Crippen LogP contribution in [-0.2, 0) is 11.0 Å². The molecular weight excluding hydrogens is 363 g/mol. The predicted molar refractivity (Wildman–Crippen MR) is 83.7 cm³/mol. The first-order valence-electron chi connectivity index (χ1n) is 6.47. The maximum Gasteiger partial charge on any atom is 0.417 e. The van der Waals surface area contributed by atoms with Crippen molar-refractivity contribution >= 4 is 35.0 Å². The zero-order valence-corrected chi connectivity index (χ0v) is 13.5. The molecule has 24 heavy (non-hydrogen) atoms. The summed E-state index contributed by atoms with van der Waals surface area (Å²) < 4.78 is 37.7. The third-order valence-electron chi connectivity index (χ3n) is 2.73. The molecule has 0 unspecified atom stereocenters. The molecule has 1 aromatic carbocycles. The van der Waals surface area contributed by atoms with E-state index in [2.05, 4.69) is 10.3 Å². The lowest BCUT2D eigenvalue weighted by Crippen LogP contribution is -2.09. The van der Waals surface area contributed by atoms with Crippen molar-refractivity contribution in [2.45, 2.75) is 22.5 Å². The first-order chi connectivity index (χ1) is 11.3. The monoisotopic (exact) mass is 371 g/mol. The smallest absolute Gasteiger partial charge is 0.325 e. The van der Waals surface area contributed by atoms with Crippen molar-refractivity contribution in [2.24, 2.45) is 0 Å². The highest BCUT2D eigenvalue weighted by Crippen LogP contribution is 2.36. The molecule has 4 nitrogen and oxygen atoms in total. The number of nitrogens with zero attached hydrogens (tertiary/aromatic N) is 2. The van der Waals surface area contributed by atoms with Crippen LogP contribution in [0.1, 0.15) is 12.0 Å². The molecule has 2 aromatic rings. The van der Waals surface area contributed by atoms with Crippen LogP contribution in [0.5, 0.6) is 0 Å². The quantitative estimate of drug-likeness (QED) is 0.841. The summed E-state index contributed by atoms with van der Waals surface area (Å²) in [6, 6.07) is 9.08. The van der Waals surface area contributed by atoms with Crippen LogP contribution in [-0.4, -0.2) is 10.9 Å². The number of nitriles is 1. The first-order valence-corrected chi connectivity index (χ1v) is 7.66. The van der Waals surface area contributed by atoms with E-state index in [4.69, 9.17) is 16.9 Å². The van der Waals surface area contributed by atoms with Crippen LogP contribution >= 0.6 is 23.4 Å². The second kappa shape index (κ2) is 7.55. The fourth-order valence-electron chi connectivity index (χ4n) is 1.65. The lowest BCUT2D eigenvalue weighted by atomic mass is 10.3. The Morgan fingerprint density at radius 3 is 2.54 bits per heavy atom. The number of rotatable bonds is 4. The van der Waals surface area contributed by atoms with E-state index in [0.717, 1.165) is 24.0 Å². The van der Waals surface area contributed by atoms with E-state index in [1.54, 1.807) is 30.3 Å². The molecule has 0 saturated carbocycles. The number of hydrogen-bond acceptors (Lipinski definition) is 4. The molecule has 2 rings (SSSR count). The van der Waals surface area contributed by atoms with Crippen molar-refractivity contribution < 1.29 is 18.0 Å². The Morgan fingerprint density at radius 1 is 1.33 bits per heavy atom. The normalized spacial score (nSPS) is 11.0. The summed E-state index contributed by atoms with van der Waals surface area (Å²) in [5.74, 6) is -0.426. The number of nitrogens with one attached hydrogen (secondary N) is 1. The number of halogens is 4. The SMILES string of the molecule is N#CCC(=O)Nc1ccc(Sc2ncc(C(F)(F)F)cc2Cl)cc1. The summed E-state index contributed by atoms with van der Waals surface area (Å²) in [7, 11) is 0. The van der Waals surface area contributed by atoms with Gasteiger partial charge in [0.25, 0.3) is 0 Å². The number of carbonyl (C=O) groups is 1. The predicted octanol–water partition coefficient (Wildman–Crippen LogP) is 4.76. The Morgan fingerprint density at radius 2 is 2.00 bits per heavy atom. The van der Waals surface area contributed by atoms with Crippen LogP contribution in [0, 0.1) is 11.3 Å². The van der Waals surface area contributed by atoms with Gasteiger partial charge in [-0.2, -0.15) is 18.4 Å². The summed E-state index contributed by atoms with van der Waals surface area (Å²) >= 11 is 6.95. The average molecular weight is 372 g/mol. The summed E-state index contributed by atoms with van der Waals surface area (Å²) in [6.07, 6.45) is -4.02. The second-order valence-electron chi connectivity index (χ2n) is 4.52. The van der Waals surface area contributed by atoms with E-state index in [1.165, 1.54) is 0 Å². The van der Waals surface area contributed by atoms with Gasteiger partial charge in [0.2, 0.25) is 5.91 Å². The number of benzene rings is 1. The molecule has 1 heterocycles. The van der Waals surface area contributed by atoms with Crippen molar-refractivity contribution in [1.29, 1.82) is 5.26 Å². The molecule has 0 fully saturated rings. The van der Waals surface area contributed by atoms with Crippen LogP contribution in [0.3, 0.4) is 0 Å². The van der Waals surface area contributed by atoms with E-state index < -0.39 is 17.6 Å². The maximum atomic E-state index is 12.6. The van der Waals surface area contributed by atoms with Gasteiger partial charge in [0, 0.05) is 16.8 Å². The molecule has 0 spiro atoms. The van der Waals surface area contributed by atoms with Crippen LogP contribution in [0.25, 0.3) is 0 Å². The fourth-order valence-corrected chi connectivity index (χ4v) is 2.69. The number of anilines is 1. The topological polar surface area (TPSA) is 65.8 Å². The Balaban J connectivity index is 2.09. The molecule has 124 valence electrons. The third-order valence-corrected chi connectivity index (χ3v) is 4.15. The van der Waals surface area contributed by atoms with Gasteiger partial charge in [0.15, 0.2) is 0 Å². The highest BCUT2D eigenvalue weighted by atomic mass is 35.5. The Bertz CT molecular complexity index is 788. The highest BCUT2D eigenvalue weighted by molar-refractivity contribution is 7.99. The largest absolute Gasteiger partial charge is 0.417 e. The Labute approximate surface area is 144 Å². The molecular formula is C15H9ClF3N3OS. The van der Waals surface area contributed by atoms with Gasteiger partial charge in [-0.15, -0.1) is 0 Å². The molecule has 1 amide bonds. The Hall–Kier alpha value is -2.24. The highest BCUT2D eigenvalue weighted by Gasteiger charge is 2.31. The van der Waals surface area contributed by atoms with E-state index in [0.29, 0.717) is 10.6 Å². The van der Waals surface area contributed by atoms with E-state index in [1.807, 2.05) is 0 Å². The summed E-state index contributed by atoms with van der Waals surface area (Å²) in [5, 5.41) is 11.1. The van der Waals surface area contributed by atoms with Crippen molar-refractivity contribution in [3.05, 3.63) is 47.1 Å². The van der Waals surface area contributed by atoms with Gasteiger partial charge in [-0.3, -0.25) is 4.79 Å². The van der Waals surface area contributed by atoms with Crippen LogP contribution in [0.2, 0.25) is 5.02 Å². The van der Waals surface area contributed by atoms with Gasteiger partial charge in [0.05, 0.1) is 16.7 Å². The maximum absolute atomic E-state index is 12.6. The van der Waals surface area contributed by atoms with Crippen LogP contribution in [0.15, 0.2) is 46.5 Å². The van der Waals surface area contributed by atoms with Gasteiger partial charge in [-0.25, -0.2) is 4.98 Å². The summed E-state index contributed by atoms with van der Waals surface area (Å²) in [6.45, 7) is 0. The fraction of sp³-hybridized carbons (Fsp3) is 0.133. The summed E-state index contributed by atoms with van der Waals surface area (Å²) in [5.41, 5.74) is -0.404. The van der Waals surface area contributed by atoms with Crippen molar-refractivity contribution in [3.8, 4) is 6.07 Å². The van der Waals surface area contributed by atoms with Crippen LogP contribution in [0.4, 0.5) is 18.9 Å². The first kappa shape index (κ1) is 18.1. The van der Waals surface area contributed by atoms with Gasteiger partial charge in [-0.05, 0) is 30.3 Å². The van der Waals surface area contributed by atoms with Gasteiger partial charge in [0.1, 0.15) is 11.4 Å². The van der Waals surface area contributed by atoms with E-state index in [-0.39, 0.29) is 16.5 Å². The number of carbonyl (C=O) groups excluding carboxylic acids is 1.